The fraction of sp³-hybridized carbons (Fsp3) is 0.273. The van der Waals surface area contributed by atoms with E-state index in [1.165, 1.54) is 0 Å². The van der Waals surface area contributed by atoms with Crippen molar-refractivity contribution in [2.24, 2.45) is 0 Å². The van der Waals surface area contributed by atoms with Crippen LogP contribution in [-0.4, -0.2) is 25.0 Å². The lowest BCUT2D eigenvalue weighted by Crippen LogP contribution is -2.82. The van der Waals surface area contributed by atoms with Gasteiger partial charge in [0.05, 0.1) is 7.11 Å². The monoisotopic (exact) mass is 238 g/mol. The van der Waals surface area contributed by atoms with E-state index in [1.807, 2.05) is 37.4 Å². The highest BCUT2D eigenvalue weighted by atomic mass is 32.1. The molecular weight excluding hydrogens is 222 g/mol. The van der Waals surface area contributed by atoms with Gasteiger partial charge >= 0.3 is 0 Å². The van der Waals surface area contributed by atoms with Gasteiger partial charge in [0.1, 0.15) is 5.75 Å². The van der Waals surface area contributed by atoms with Gasteiger partial charge in [-0.25, -0.2) is 0 Å². The zero-order chi connectivity index (χ0) is 11.8. The van der Waals surface area contributed by atoms with Gasteiger partial charge in [0, 0.05) is 12.1 Å². The quantitative estimate of drug-likeness (QED) is 0.379. The highest BCUT2D eigenvalue weighted by Gasteiger charge is 1.95. The molecule has 0 aliphatic heterocycles. The number of hydrazone groups is 1. The zero-order valence-corrected chi connectivity index (χ0v) is 10.2. The van der Waals surface area contributed by atoms with Crippen LogP contribution in [0.25, 0.3) is 0 Å². The molecule has 86 valence electrons. The summed E-state index contributed by atoms with van der Waals surface area (Å²) in [6, 6.07) is 7.69. The molecule has 0 radical (unpaired) electrons. The molecule has 0 bridgehead atoms. The van der Waals surface area contributed by atoms with Crippen molar-refractivity contribution in [3.8, 4) is 5.75 Å². The summed E-state index contributed by atoms with van der Waals surface area (Å²) in [7, 11) is 1.65. The van der Waals surface area contributed by atoms with Gasteiger partial charge in [-0.05, 0) is 43.4 Å². The van der Waals surface area contributed by atoms with Crippen molar-refractivity contribution >= 4 is 23.5 Å². The molecule has 3 N–H and O–H groups in total. The molecule has 16 heavy (non-hydrogen) atoms. The first-order valence-corrected chi connectivity index (χ1v) is 5.43. The molecule has 1 aromatic carbocycles. The van der Waals surface area contributed by atoms with Gasteiger partial charge in [-0.15, -0.1) is 10.5 Å². The zero-order valence-electron chi connectivity index (χ0n) is 9.41. The highest BCUT2D eigenvalue weighted by molar-refractivity contribution is 7.80. The van der Waals surface area contributed by atoms with Crippen molar-refractivity contribution in [1.82, 2.24) is 10.7 Å². The smallest absolute Gasteiger partial charge is 0.223 e. The Morgan fingerprint density at radius 2 is 2.12 bits per heavy atom. The van der Waals surface area contributed by atoms with Crippen LogP contribution in [0.3, 0.4) is 0 Å². The van der Waals surface area contributed by atoms with Crippen LogP contribution < -0.4 is 20.6 Å². The largest absolute Gasteiger partial charge is 0.497 e. The van der Waals surface area contributed by atoms with Crippen LogP contribution in [0.5, 0.6) is 5.75 Å². The van der Waals surface area contributed by atoms with Crippen LogP contribution in [0.4, 0.5) is 0 Å². The summed E-state index contributed by atoms with van der Waals surface area (Å²) >= 11 is 4.98. The SMILES string of the molecule is CCNC(=S)N[NH+]=Cc1ccc(OC)cc1. The van der Waals surface area contributed by atoms with Crippen LogP contribution in [0.15, 0.2) is 24.3 Å². The van der Waals surface area contributed by atoms with E-state index >= 15 is 0 Å². The summed E-state index contributed by atoms with van der Waals surface area (Å²) in [5.74, 6) is 0.841. The Bertz CT molecular complexity index is 362. The number of hydrogen-bond acceptors (Lipinski definition) is 2. The number of hydrazine groups is 1. The molecule has 0 unspecified atom stereocenters. The van der Waals surface area contributed by atoms with Crippen LogP contribution in [0, 0.1) is 0 Å². The second kappa shape index (κ2) is 6.79. The minimum absolute atomic E-state index is 0.576. The number of benzene rings is 1. The number of ether oxygens (including phenoxy) is 1. The summed E-state index contributed by atoms with van der Waals surface area (Å²) in [5, 5.41) is 6.45. The molecule has 1 rings (SSSR count). The van der Waals surface area contributed by atoms with Crippen molar-refractivity contribution in [1.29, 1.82) is 0 Å². The average Bonchev–Trinajstić information content (AvgIpc) is 2.30. The Balaban J connectivity index is 2.46. The molecule has 0 fully saturated rings. The fourth-order valence-corrected chi connectivity index (χ4v) is 1.29. The van der Waals surface area contributed by atoms with Gasteiger partial charge in [0.2, 0.25) is 5.11 Å². The van der Waals surface area contributed by atoms with Gasteiger partial charge in [-0.3, -0.25) is 0 Å². The molecule has 0 aromatic heterocycles. The Kier molecular flexibility index (Phi) is 5.28. The van der Waals surface area contributed by atoms with E-state index in [-0.39, 0.29) is 0 Å². The Labute approximate surface area is 101 Å². The average molecular weight is 238 g/mol. The van der Waals surface area contributed by atoms with E-state index in [1.54, 1.807) is 7.11 Å². The lowest BCUT2D eigenvalue weighted by molar-refractivity contribution is -0.500. The normalized spacial score (nSPS) is 10.1. The molecule has 0 heterocycles. The third kappa shape index (κ3) is 4.27. The molecule has 0 atom stereocenters. The minimum atomic E-state index is 0.576. The topological polar surface area (TPSA) is 47.3 Å². The third-order valence-corrected chi connectivity index (χ3v) is 2.12. The van der Waals surface area contributed by atoms with Crippen LogP contribution in [0.2, 0.25) is 0 Å². The molecule has 4 nitrogen and oxygen atoms in total. The van der Waals surface area contributed by atoms with Crippen LogP contribution >= 0.6 is 12.2 Å². The number of methoxy groups -OCH3 is 1. The maximum absolute atomic E-state index is 5.06. The summed E-state index contributed by atoms with van der Waals surface area (Å²) in [6.45, 7) is 2.79. The van der Waals surface area contributed by atoms with Crippen LogP contribution in [-0.2, 0) is 0 Å². The number of hydrogen-bond donors (Lipinski definition) is 3. The van der Waals surface area contributed by atoms with Gasteiger partial charge in [-0.2, -0.15) is 0 Å². The maximum Gasteiger partial charge on any atom is 0.223 e. The minimum Gasteiger partial charge on any atom is -0.497 e. The van der Waals surface area contributed by atoms with Gasteiger partial charge in [0.25, 0.3) is 0 Å². The molecule has 1 aromatic rings. The van der Waals surface area contributed by atoms with Gasteiger partial charge < -0.3 is 10.1 Å². The van der Waals surface area contributed by atoms with Gasteiger partial charge in [0.15, 0.2) is 6.21 Å². The molecular formula is C11H16N3OS+. The van der Waals surface area contributed by atoms with E-state index in [0.29, 0.717) is 5.11 Å². The second-order valence-electron chi connectivity index (χ2n) is 3.05. The predicted molar refractivity (Wildman–Crippen MR) is 68.5 cm³/mol. The molecule has 0 spiro atoms. The molecule has 0 saturated heterocycles. The van der Waals surface area contributed by atoms with E-state index in [0.717, 1.165) is 17.9 Å². The Hall–Kier alpha value is -1.62. The van der Waals surface area contributed by atoms with Crippen molar-refractivity contribution in [3.05, 3.63) is 29.8 Å². The Morgan fingerprint density at radius 1 is 1.44 bits per heavy atom. The molecule has 0 saturated carbocycles. The first-order valence-electron chi connectivity index (χ1n) is 5.03. The van der Waals surface area contributed by atoms with Crippen molar-refractivity contribution in [3.63, 3.8) is 0 Å². The van der Waals surface area contributed by atoms with E-state index in [9.17, 15) is 0 Å². The first-order chi connectivity index (χ1) is 7.76. The highest BCUT2D eigenvalue weighted by Crippen LogP contribution is 2.08. The van der Waals surface area contributed by atoms with Crippen molar-refractivity contribution in [2.75, 3.05) is 13.7 Å². The lowest BCUT2D eigenvalue weighted by atomic mass is 10.2. The number of rotatable bonds is 4. The van der Waals surface area contributed by atoms with Crippen molar-refractivity contribution < 1.29 is 9.84 Å². The van der Waals surface area contributed by atoms with Gasteiger partial charge in [-0.1, -0.05) is 0 Å². The summed E-state index contributed by atoms with van der Waals surface area (Å²) < 4.78 is 5.06. The summed E-state index contributed by atoms with van der Waals surface area (Å²) in [5.41, 5.74) is 3.88. The Morgan fingerprint density at radius 3 is 2.69 bits per heavy atom. The fourth-order valence-electron chi connectivity index (χ4n) is 1.09. The number of nitrogens with one attached hydrogen (secondary N) is 3. The molecule has 0 aliphatic carbocycles. The van der Waals surface area contributed by atoms with E-state index in [2.05, 4.69) is 15.8 Å². The second-order valence-corrected chi connectivity index (χ2v) is 3.45. The van der Waals surface area contributed by atoms with E-state index in [4.69, 9.17) is 17.0 Å². The van der Waals surface area contributed by atoms with Crippen molar-refractivity contribution in [2.45, 2.75) is 6.92 Å². The molecule has 5 heteroatoms. The summed E-state index contributed by atoms with van der Waals surface area (Å²) in [4.78, 5) is 0. The molecule has 0 aliphatic rings. The lowest BCUT2D eigenvalue weighted by Gasteiger charge is -1.99. The number of thiocarbonyl (C=S) groups is 1. The standard InChI is InChI=1S/C11H15N3OS/c1-3-12-11(16)14-13-8-9-4-6-10(15-2)7-5-9/h4-8H,3H2,1-2H3,(H2,12,14,16)/p+1. The van der Waals surface area contributed by atoms with Crippen LogP contribution in [0.1, 0.15) is 12.5 Å². The maximum atomic E-state index is 5.06. The third-order valence-electron chi connectivity index (χ3n) is 1.88. The summed E-state index contributed by atoms with van der Waals surface area (Å²) in [6.07, 6.45) is 1.82. The predicted octanol–water partition coefficient (Wildman–Crippen LogP) is -0.406. The van der Waals surface area contributed by atoms with E-state index < -0.39 is 0 Å². The molecule has 0 amide bonds. The first kappa shape index (κ1) is 12.4.